The van der Waals surface area contributed by atoms with E-state index in [-0.39, 0.29) is 0 Å². The predicted molar refractivity (Wildman–Crippen MR) is 82.0 cm³/mol. The smallest absolute Gasteiger partial charge is 0.198 e. The number of anilines is 1. The van der Waals surface area contributed by atoms with Gasteiger partial charge in [0.15, 0.2) is 11.5 Å². The first-order valence-electron chi connectivity index (χ1n) is 6.94. The van der Waals surface area contributed by atoms with Crippen LogP contribution >= 0.6 is 11.8 Å². The molecule has 3 rings (SSSR count). The van der Waals surface area contributed by atoms with Crippen molar-refractivity contribution in [2.24, 2.45) is 5.92 Å². The average molecular weight is 276 g/mol. The first-order valence-corrected chi connectivity index (χ1v) is 8.10. The zero-order valence-corrected chi connectivity index (χ0v) is 12.3. The lowest BCUT2D eigenvalue weighted by Crippen LogP contribution is -2.13. The molecule has 1 atom stereocenters. The van der Waals surface area contributed by atoms with Crippen LogP contribution in [0.1, 0.15) is 32.1 Å². The minimum absolute atomic E-state index is 0.333. The number of thioether (sulfide) groups is 1. The summed E-state index contributed by atoms with van der Waals surface area (Å²) in [6.45, 7) is 5.26. The molecule has 1 aliphatic heterocycles. The highest BCUT2D eigenvalue weighted by Gasteiger charge is 2.15. The number of aromatic nitrogens is 1. The molecule has 2 aromatic rings. The van der Waals surface area contributed by atoms with Crippen molar-refractivity contribution >= 4 is 28.5 Å². The topological polar surface area (TPSA) is 38.1 Å². The van der Waals surface area contributed by atoms with Crippen molar-refractivity contribution in [1.29, 1.82) is 0 Å². The maximum Gasteiger partial charge on any atom is 0.198 e. The van der Waals surface area contributed by atoms with Gasteiger partial charge in [-0.1, -0.05) is 13.8 Å². The molecule has 4 heteroatoms. The molecule has 0 amide bonds. The number of nitrogens with one attached hydrogen (secondary N) is 1. The molecule has 0 bridgehead atoms. The van der Waals surface area contributed by atoms with Gasteiger partial charge in [0.2, 0.25) is 0 Å². The van der Waals surface area contributed by atoms with Crippen molar-refractivity contribution in [3.05, 3.63) is 24.1 Å². The molecular weight excluding hydrogens is 256 g/mol. The summed E-state index contributed by atoms with van der Waals surface area (Å²) in [5.41, 5.74) is 2.98. The van der Waals surface area contributed by atoms with Crippen LogP contribution in [0, 0.1) is 5.92 Å². The van der Waals surface area contributed by atoms with Gasteiger partial charge in [-0.2, -0.15) is 11.8 Å². The molecule has 1 saturated heterocycles. The third kappa shape index (κ3) is 2.89. The Morgan fingerprint density at radius 2 is 2.37 bits per heavy atom. The number of benzene rings is 1. The molecule has 0 spiro atoms. The van der Waals surface area contributed by atoms with Gasteiger partial charge in [-0.25, -0.2) is 4.98 Å². The van der Waals surface area contributed by atoms with Gasteiger partial charge in [-0.15, -0.1) is 0 Å². The molecule has 102 valence electrons. The highest BCUT2D eigenvalue weighted by molar-refractivity contribution is 7.99. The van der Waals surface area contributed by atoms with Crippen LogP contribution in [-0.4, -0.2) is 23.0 Å². The normalized spacial score (nSPS) is 19.4. The molecule has 1 aliphatic rings. The number of rotatable bonds is 4. The van der Waals surface area contributed by atoms with Gasteiger partial charge in [0.1, 0.15) is 5.52 Å². The fraction of sp³-hybridized carbons (Fsp3) is 0.533. The molecule has 0 radical (unpaired) electrons. The van der Waals surface area contributed by atoms with Gasteiger partial charge in [-0.3, -0.25) is 0 Å². The SMILES string of the molecule is CC(C)c1nc2cc(NCC3CCSC3)ccc2o1. The fourth-order valence-electron chi connectivity index (χ4n) is 2.31. The molecule has 1 aromatic heterocycles. The summed E-state index contributed by atoms with van der Waals surface area (Å²) in [6.07, 6.45) is 1.33. The van der Waals surface area contributed by atoms with E-state index in [0.29, 0.717) is 5.92 Å². The summed E-state index contributed by atoms with van der Waals surface area (Å²) in [5, 5.41) is 3.52. The van der Waals surface area contributed by atoms with Crippen molar-refractivity contribution in [3.8, 4) is 0 Å². The minimum atomic E-state index is 0.333. The molecule has 0 aliphatic carbocycles. The van der Waals surface area contributed by atoms with Gasteiger partial charge in [0.25, 0.3) is 0 Å². The Morgan fingerprint density at radius 1 is 1.47 bits per heavy atom. The van der Waals surface area contributed by atoms with Crippen molar-refractivity contribution in [1.82, 2.24) is 4.98 Å². The van der Waals surface area contributed by atoms with E-state index in [2.05, 4.69) is 48.0 Å². The monoisotopic (exact) mass is 276 g/mol. The number of fused-ring (bicyclic) bond motifs is 1. The van der Waals surface area contributed by atoms with Crippen molar-refractivity contribution in [3.63, 3.8) is 0 Å². The Bertz CT molecular complexity index is 558. The number of hydrogen-bond acceptors (Lipinski definition) is 4. The van der Waals surface area contributed by atoms with Crippen LogP contribution in [0.2, 0.25) is 0 Å². The number of hydrogen-bond donors (Lipinski definition) is 1. The minimum Gasteiger partial charge on any atom is -0.440 e. The molecule has 1 N–H and O–H groups in total. The fourth-order valence-corrected chi connectivity index (χ4v) is 3.59. The Kier molecular flexibility index (Phi) is 3.69. The van der Waals surface area contributed by atoms with Crippen LogP contribution in [0.4, 0.5) is 5.69 Å². The van der Waals surface area contributed by atoms with Crippen LogP contribution in [0.15, 0.2) is 22.6 Å². The maximum atomic E-state index is 5.72. The van der Waals surface area contributed by atoms with Crippen LogP contribution in [-0.2, 0) is 0 Å². The zero-order chi connectivity index (χ0) is 13.2. The molecule has 19 heavy (non-hydrogen) atoms. The van der Waals surface area contributed by atoms with Crippen LogP contribution in [0.3, 0.4) is 0 Å². The summed E-state index contributed by atoms with van der Waals surface area (Å²) >= 11 is 2.06. The predicted octanol–water partition coefficient (Wildman–Crippen LogP) is 4.12. The zero-order valence-electron chi connectivity index (χ0n) is 11.5. The summed E-state index contributed by atoms with van der Waals surface area (Å²) in [6, 6.07) is 6.19. The first-order chi connectivity index (χ1) is 9.22. The molecule has 2 heterocycles. The standard InChI is InChI=1S/C15H20N2OS/c1-10(2)15-17-13-7-12(3-4-14(13)18-15)16-8-11-5-6-19-9-11/h3-4,7,10-11,16H,5-6,8-9H2,1-2H3. The molecular formula is C15H20N2OS. The van der Waals surface area contributed by atoms with E-state index in [1.165, 1.54) is 17.9 Å². The van der Waals surface area contributed by atoms with E-state index in [1.807, 2.05) is 6.07 Å². The second-order valence-electron chi connectivity index (χ2n) is 5.50. The highest BCUT2D eigenvalue weighted by atomic mass is 32.2. The second-order valence-corrected chi connectivity index (χ2v) is 6.65. The summed E-state index contributed by atoms with van der Waals surface area (Å²) in [4.78, 5) is 4.54. The van der Waals surface area contributed by atoms with E-state index in [1.54, 1.807) is 0 Å². The Balaban J connectivity index is 1.73. The third-order valence-corrected chi connectivity index (χ3v) is 4.75. The lowest BCUT2D eigenvalue weighted by atomic mass is 10.1. The van der Waals surface area contributed by atoms with Crippen molar-refractivity contribution < 1.29 is 4.42 Å². The van der Waals surface area contributed by atoms with Crippen molar-refractivity contribution in [2.75, 3.05) is 23.4 Å². The first kappa shape index (κ1) is 12.9. The van der Waals surface area contributed by atoms with Gasteiger partial charge >= 0.3 is 0 Å². The number of oxazole rings is 1. The number of nitrogens with zero attached hydrogens (tertiary/aromatic N) is 1. The Hall–Kier alpha value is -1.16. The highest BCUT2D eigenvalue weighted by Crippen LogP contribution is 2.26. The molecule has 1 aromatic carbocycles. The maximum absolute atomic E-state index is 5.72. The van der Waals surface area contributed by atoms with Crippen LogP contribution < -0.4 is 5.32 Å². The molecule has 1 fully saturated rings. The van der Waals surface area contributed by atoms with E-state index >= 15 is 0 Å². The Morgan fingerprint density at radius 3 is 3.11 bits per heavy atom. The average Bonchev–Trinajstić information content (AvgIpc) is 3.04. The van der Waals surface area contributed by atoms with Gasteiger partial charge in [0, 0.05) is 18.2 Å². The Labute approximate surface area is 118 Å². The summed E-state index contributed by atoms with van der Waals surface area (Å²) in [5.74, 6) is 4.56. The van der Waals surface area contributed by atoms with Crippen LogP contribution in [0.5, 0.6) is 0 Å². The van der Waals surface area contributed by atoms with Crippen molar-refractivity contribution in [2.45, 2.75) is 26.2 Å². The van der Waals surface area contributed by atoms with Crippen LogP contribution in [0.25, 0.3) is 11.1 Å². The lowest BCUT2D eigenvalue weighted by Gasteiger charge is -2.10. The van der Waals surface area contributed by atoms with E-state index in [4.69, 9.17) is 4.42 Å². The van der Waals surface area contributed by atoms with Gasteiger partial charge in [0.05, 0.1) is 0 Å². The molecule has 3 nitrogen and oxygen atoms in total. The van der Waals surface area contributed by atoms with E-state index in [0.717, 1.165) is 35.1 Å². The quantitative estimate of drug-likeness (QED) is 0.911. The third-order valence-electron chi connectivity index (χ3n) is 3.52. The molecule has 0 saturated carbocycles. The summed E-state index contributed by atoms with van der Waals surface area (Å²) < 4.78 is 5.72. The lowest BCUT2D eigenvalue weighted by molar-refractivity contribution is 0.501. The molecule has 1 unspecified atom stereocenters. The summed E-state index contributed by atoms with van der Waals surface area (Å²) in [7, 11) is 0. The van der Waals surface area contributed by atoms with Gasteiger partial charge < -0.3 is 9.73 Å². The van der Waals surface area contributed by atoms with E-state index < -0.39 is 0 Å². The second kappa shape index (κ2) is 5.45. The largest absolute Gasteiger partial charge is 0.440 e. The van der Waals surface area contributed by atoms with E-state index in [9.17, 15) is 0 Å². The van der Waals surface area contributed by atoms with Gasteiger partial charge in [-0.05, 0) is 42.0 Å².